The fourth-order valence-electron chi connectivity index (χ4n) is 3.79. The number of halogens is 3. The van der Waals surface area contributed by atoms with Crippen molar-refractivity contribution >= 4 is 28.4 Å². The topological polar surface area (TPSA) is 70.7 Å². The van der Waals surface area contributed by atoms with Gasteiger partial charge in [0.05, 0.1) is 16.8 Å². The third kappa shape index (κ3) is 4.64. The van der Waals surface area contributed by atoms with Crippen LogP contribution in [-0.2, 0) is 17.5 Å². The summed E-state index contributed by atoms with van der Waals surface area (Å²) in [7, 11) is 1.97. The van der Waals surface area contributed by atoms with E-state index in [2.05, 4.69) is 10.2 Å². The van der Waals surface area contributed by atoms with E-state index in [0.29, 0.717) is 29.9 Å². The highest BCUT2D eigenvalue weighted by Crippen LogP contribution is 2.37. The summed E-state index contributed by atoms with van der Waals surface area (Å²) in [5, 5.41) is 2.35. The Kier molecular flexibility index (Phi) is 5.96. The van der Waals surface area contributed by atoms with Gasteiger partial charge in [0.1, 0.15) is 0 Å². The number of fused-ring (bicyclic) bond motifs is 1. The molecule has 32 heavy (non-hydrogen) atoms. The van der Waals surface area contributed by atoms with E-state index < -0.39 is 23.4 Å². The average Bonchev–Trinajstić information content (AvgIpc) is 3.07. The van der Waals surface area contributed by atoms with Crippen LogP contribution in [0.2, 0.25) is 0 Å². The van der Waals surface area contributed by atoms with Crippen LogP contribution in [0.15, 0.2) is 51.7 Å². The summed E-state index contributed by atoms with van der Waals surface area (Å²) in [5.74, 6) is -1.24. The lowest BCUT2D eigenvalue weighted by Crippen LogP contribution is -2.44. The lowest BCUT2D eigenvalue weighted by Gasteiger charge is -2.34. The van der Waals surface area contributed by atoms with Gasteiger partial charge in [-0.2, -0.15) is 13.2 Å². The molecule has 0 bridgehead atoms. The van der Waals surface area contributed by atoms with Gasteiger partial charge in [-0.05, 0) is 37.4 Å². The first kappa shape index (κ1) is 21.9. The number of oxazole rings is 1. The number of benzene rings is 2. The highest BCUT2D eigenvalue weighted by Gasteiger charge is 2.35. The summed E-state index contributed by atoms with van der Waals surface area (Å²) in [6.45, 7) is 2.78. The Balaban J connectivity index is 1.49. The second kappa shape index (κ2) is 8.70. The van der Waals surface area contributed by atoms with Crippen molar-refractivity contribution in [2.45, 2.75) is 19.1 Å². The summed E-state index contributed by atoms with van der Waals surface area (Å²) < 4.78 is 47.5. The summed E-state index contributed by atoms with van der Waals surface area (Å²) in [4.78, 5) is 28.4. The quantitative estimate of drug-likeness (QED) is 0.648. The maximum Gasteiger partial charge on any atom is 0.419 e. The van der Waals surface area contributed by atoms with Gasteiger partial charge in [0.15, 0.2) is 5.58 Å². The Morgan fingerprint density at radius 1 is 1.09 bits per heavy atom. The smallest absolute Gasteiger partial charge is 0.408 e. The van der Waals surface area contributed by atoms with Crippen molar-refractivity contribution < 1.29 is 22.4 Å². The van der Waals surface area contributed by atoms with Crippen molar-refractivity contribution in [2.75, 3.05) is 43.4 Å². The number of carbonyl (C=O) groups is 1. The number of aromatic nitrogens is 1. The number of hydrogen-bond donors (Lipinski definition) is 1. The number of nitrogens with one attached hydrogen (secondary N) is 1. The maximum atomic E-state index is 13.7. The summed E-state index contributed by atoms with van der Waals surface area (Å²) in [6, 6.07) is 10.7. The Morgan fingerprint density at radius 2 is 1.81 bits per heavy atom. The normalized spacial score (nSPS) is 15.3. The Labute approximate surface area is 182 Å². The lowest BCUT2D eigenvalue weighted by molar-refractivity contribution is -0.136. The fraction of sp³-hybridized carbons (Fsp3) is 0.364. The molecule has 10 heteroatoms. The minimum atomic E-state index is -4.62. The molecule has 0 radical (unpaired) electrons. The number of para-hydroxylation sites is 2. The number of carbonyl (C=O) groups excluding carboxylic acids is 1. The van der Waals surface area contributed by atoms with E-state index in [1.54, 1.807) is 30.3 Å². The van der Waals surface area contributed by atoms with Crippen molar-refractivity contribution in [1.82, 2.24) is 9.47 Å². The van der Waals surface area contributed by atoms with Gasteiger partial charge in [-0.1, -0.05) is 12.1 Å². The Morgan fingerprint density at radius 3 is 2.53 bits per heavy atom. The molecule has 1 aliphatic rings. The summed E-state index contributed by atoms with van der Waals surface area (Å²) >= 11 is 0. The molecule has 0 saturated carbocycles. The molecule has 1 aliphatic heterocycles. The van der Waals surface area contributed by atoms with Gasteiger partial charge < -0.3 is 19.5 Å². The number of nitrogens with zero attached hydrogens (tertiary/aromatic N) is 3. The van der Waals surface area contributed by atoms with Crippen molar-refractivity contribution in [3.05, 3.63) is 58.6 Å². The number of alkyl halides is 3. The van der Waals surface area contributed by atoms with Crippen LogP contribution in [0.3, 0.4) is 0 Å². The molecule has 0 atom stereocenters. The predicted octanol–water partition coefficient (Wildman–Crippen LogP) is 3.39. The largest absolute Gasteiger partial charge is 0.419 e. The fourth-order valence-corrected chi connectivity index (χ4v) is 3.79. The molecular formula is C22H23F3N4O3. The van der Waals surface area contributed by atoms with Gasteiger partial charge in [-0.25, -0.2) is 4.79 Å². The highest BCUT2D eigenvalue weighted by molar-refractivity contribution is 5.92. The second-order valence-corrected chi connectivity index (χ2v) is 7.80. The van der Waals surface area contributed by atoms with E-state index >= 15 is 0 Å². The van der Waals surface area contributed by atoms with Gasteiger partial charge >= 0.3 is 11.9 Å². The zero-order chi connectivity index (χ0) is 22.9. The molecule has 170 valence electrons. The number of anilines is 2. The van der Waals surface area contributed by atoms with Crippen LogP contribution >= 0.6 is 0 Å². The average molecular weight is 448 g/mol. The van der Waals surface area contributed by atoms with Crippen LogP contribution in [0.1, 0.15) is 12.0 Å². The predicted molar refractivity (Wildman–Crippen MR) is 115 cm³/mol. The molecule has 1 aromatic heterocycles. The van der Waals surface area contributed by atoms with Crippen LogP contribution in [0, 0.1) is 0 Å². The van der Waals surface area contributed by atoms with Crippen LogP contribution in [-0.4, -0.2) is 48.6 Å². The maximum absolute atomic E-state index is 13.7. The van der Waals surface area contributed by atoms with Gasteiger partial charge in [0, 0.05) is 44.8 Å². The number of rotatable bonds is 5. The number of piperazine rings is 1. The van der Waals surface area contributed by atoms with Crippen LogP contribution in [0.5, 0.6) is 0 Å². The van der Waals surface area contributed by atoms with Crippen LogP contribution in [0.25, 0.3) is 11.1 Å². The summed E-state index contributed by atoms with van der Waals surface area (Å²) in [6.07, 6.45) is -4.80. The van der Waals surface area contributed by atoms with Crippen molar-refractivity contribution in [1.29, 1.82) is 0 Å². The highest BCUT2D eigenvalue weighted by atomic mass is 19.4. The first-order valence-corrected chi connectivity index (χ1v) is 10.3. The molecule has 0 unspecified atom stereocenters. The standard InChI is InChI=1S/C22H23F3N4O3/c1-27-10-12-28(13-11-27)15-6-7-17(16(14-15)22(23,24)25)26-20(30)8-9-29-18-4-2-3-5-19(18)32-21(29)31/h2-7,14H,8-13H2,1H3,(H,26,30). The van der Waals surface area contributed by atoms with E-state index in [0.717, 1.165) is 19.2 Å². The van der Waals surface area contributed by atoms with Crippen molar-refractivity contribution in [3.8, 4) is 0 Å². The molecular weight excluding hydrogens is 425 g/mol. The molecule has 1 saturated heterocycles. The van der Waals surface area contributed by atoms with Gasteiger partial charge in [-0.15, -0.1) is 0 Å². The van der Waals surface area contributed by atoms with Gasteiger partial charge in [0.2, 0.25) is 5.91 Å². The Bertz CT molecular complexity index is 1180. The van der Waals surface area contributed by atoms with E-state index in [1.165, 1.54) is 10.6 Å². The molecule has 1 amide bonds. The third-order valence-corrected chi connectivity index (χ3v) is 5.59. The molecule has 1 N–H and O–H groups in total. The van der Waals surface area contributed by atoms with Crippen LogP contribution < -0.4 is 16.0 Å². The number of amides is 1. The van der Waals surface area contributed by atoms with Crippen molar-refractivity contribution in [2.24, 2.45) is 0 Å². The molecule has 2 aromatic carbocycles. The summed E-state index contributed by atoms with van der Waals surface area (Å²) in [5.41, 5.74) is 0.187. The molecule has 4 rings (SSSR count). The van der Waals surface area contributed by atoms with Gasteiger partial charge in [-0.3, -0.25) is 9.36 Å². The molecule has 0 spiro atoms. The monoisotopic (exact) mass is 448 g/mol. The number of hydrogen-bond acceptors (Lipinski definition) is 5. The molecule has 2 heterocycles. The SMILES string of the molecule is CN1CCN(c2ccc(NC(=O)CCn3c(=O)oc4ccccc43)c(C(F)(F)F)c2)CC1. The first-order chi connectivity index (χ1) is 15.2. The minimum Gasteiger partial charge on any atom is -0.408 e. The minimum absolute atomic E-state index is 0.0115. The van der Waals surface area contributed by atoms with E-state index in [1.807, 2.05) is 11.9 Å². The third-order valence-electron chi connectivity index (χ3n) is 5.59. The van der Waals surface area contributed by atoms with E-state index in [9.17, 15) is 22.8 Å². The molecule has 0 aliphatic carbocycles. The van der Waals surface area contributed by atoms with Gasteiger partial charge in [0.25, 0.3) is 0 Å². The number of likely N-dealkylation sites (N-methyl/N-ethyl adjacent to an activating group) is 1. The van der Waals surface area contributed by atoms with E-state index in [4.69, 9.17) is 4.42 Å². The first-order valence-electron chi connectivity index (χ1n) is 10.3. The second-order valence-electron chi connectivity index (χ2n) is 7.80. The van der Waals surface area contributed by atoms with Crippen molar-refractivity contribution in [3.63, 3.8) is 0 Å². The lowest BCUT2D eigenvalue weighted by atomic mass is 10.1. The number of aryl methyl sites for hydroxylation is 1. The van der Waals surface area contributed by atoms with Crippen LogP contribution in [0.4, 0.5) is 24.5 Å². The van der Waals surface area contributed by atoms with E-state index in [-0.39, 0.29) is 18.7 Å². The molecule has 1 fully saturated rings. The zero-order valence-corrected chi connectivity index (χ0v) is 17.5. The molecule has 7 nitrogen and oxygen atoms in total. The Hall–Kier alpha value is -3.27. The zero-order valence-electron chi connectivity index (χ0n) is 17.5. The molecule has 3 aromatic rings.